The summed E-state index contributed by atoms with van der Waals surface area (Å²) < 4.78 is 13.2. The van der Waals surface area contributed by atoms with Gasteiger partial charge >= 0.3 is 0 Å². The van der Waals surface area contributed by atoms with E-state index in [0.29, 0.717) is 6.04 Å². The molecule has 1 atom stereocenters. The van der Waals surface area contributed by atoms with Crippen LogP contribution in [0, 0.1) is 0 Å². The molecule has 1 aromatic carbocycles. The van der Waals surface area contributed by atoms with Crippen molar-refractivity contribution in [2.75, 3.05) is 13.7 Å². The fraction of sp³-hybridized carbons (Fsp3) is 0.368. The van der Waals surface area contributed by atoms with Gasteiger partial charge in [-0.05, 0) is 49.7 Å². The van der Waals surface area contributed by atoms with E-state index in [1.165, 1.54) is 12.8 Å². The van der Waals surface area contributed by atoms with Crippen LogP contribution in [0.15, 0.2) is 53.3 Å². The first-order chi connectivity index (χ1) is 12.3. The quantitative estimate of drug-likeness (QED) is 0.691. The monoisotopic (exact) mass is 338 g/mol. The third kappa shape index (κ3) is 3.58. The lowest BCUT2D eigenvalue weighted by atomic mass is 10.2. The van der Waals surface area contributed by atoms with E-state index >= 15 is 0 Å². The van der Waals surface area contributed by atoms with Gasteiger partial charge in [0.1, 0.15) is 5.75 Å². The maximum absolute atomic E-state index is 5.97. The van der Waals surface area contributed by atoms with E-state index < -0.39 is 0 Å². The summed E-state index contributed by atoms with van der Waals surface area (Å²) in [5, 5.41) is 4.32. The Bertz CT molecular complexity index is 795. The zero-order valence-electron chi connectivity index (χ0n) is 14.3. The number of methoxy groups -OCH3 is 1. The summed E-state index contributed by atoms with van der Waals surface area (Å²) in [6.45, 7) is 2.73. The molecular formula is C19H22N4O2. The van der Waals surface area contributed by atoms with Gasteiger partial charge in [-0.2, -0.15) is 5.10 Å². The Kier molecular flexibility index (Phi) is 4.52. The molecule has 1 aliphatic heterocycles. The molecule has 3 heterocycles. The molecule has 1 unspecified atom stereocenters. The van der Waals surface area contributed by atoms with E-state index in [1.54, 1.807) is 13.3 Å². The molecule has 0 spiro atoms. The van der Waals surface area contributed by atoms with Crippen LogP contribution in [0.25, 0.3) is 11.3 Å². The van der Waals surface area contributed by atoms with Crippen molar-refractivity contribution < 1.29 is 9.15 Å². The lowest BCUT2D eigenvalue weighted by Gasteiger charge is -2.22. The maximum atomic E-state index is 5.97. The third-order valence-electron chi connectivity index (χ3n) is 4.72. The highest BCUT2D eigenvalue weighted by molar-refractivity contribution is 5.57. The van der Waals surface area contributed by atoms with Crippen LogP contribution in [-0.2, 0) is 13.1 Å². The second-order valence-corrected chi connectivity index (χ2v) is 6.34. The summed E-state index contributed by atoms with van der Waals surface area (Å²) in [5.41, 5.74) is 1.01. The molecule has 0 saturated carbocycles. The molecule has 0 N–H and O–H groups in total. The number of hydrogen-bond acceptors (Lipinski definition) is 5. The fourth-order valence-electron chi connectivity index (χ4n) is 3.38. The second kappa shape index (κ2) is 7.11. The molecule has 3 aromatic rings. The minimum absolute atomic E-state index is 0.483. The van der Waals surface area contributed by atoms with Gasteiger partial charge in [0.15, 0.2) is 5.76 Å². The van der Waals surface area contributed by atoms with Gasteiger partial charge < -0.3 is 9.15 Å². The largest absolute Gasteiger partial charge is 0.497 e. The fourth-order valence-corrected chi connectivity index (χ4v) is 3.38. The highest BCUT2D eigenvalue weighted by atomic mass is 16.5. The molecule has 6 nitrogen and oxygen atoms in total. The summed E-state index contributed by atoms with van der Waals surface area (Å²) in [6.07, 6.45) is 8.04. The van der Waals surface area contributed by atoms with Gasteiger partial charge in [-0.3, -0.25) is 9.58 Å². The van der Waals surface area contributed by atoms with Crippen LogP contribution < -0.4 is 4.74 Å². The van der Waals surface area contributed by atoms with Gasteiger partial charge in [0.05, 0.1) is 26.4 Å². The van der Waals surface area contributed by atoms with Gasteiger partial charge in [-0.15, -0.1) is 0 Å². The van der Waals surface area contributed by atoms with Crippen LogP contribution >= 0.6 is 0 Å². The van der Waals surface area contributed by atoms with Crippen molar-refractivity contribution in [2.45, 2.75) is 32.0 Å². The second-order valence-electron chi connectivity index (χ2n) is 6.34. The van der Waals surface area contributed by atoms with Crippen molar-refractivity contribution in [3.05, 3.63) is 54.8 Å². The van der Waals surface area contributed by atoms with Crippen molar-refractivity contribution in [3.63, 3.8) is 0 Å². The summed E-state index contributed by atoms with van der Waals surface area (Å²) in [6, 6.07) is 10.3. The first kappa shape index (κ1) is 15.9. The molecule has 0 radical (unpaired) electrons. The molecular weight excluding hydrogens is 316 g/mol. The van der Waals surface area contributed by atoms with Gasteiger partial charge in [-0.25, -0.2) is 4.98 Å². The highest BCUT2D eigenvalue weighted by Crippen LogP contribution is 2.25. The molecule has 0 aliphatic carbocycles. The molecule has 1 saturated heterocycles. The van der Waals surface area contributed by atoms with Gasteiger partial charge in [0, 0.05) is 24.0 Å². The molecule has 4 rings (SSSR count). The summed E-state index contributed by atoms with van der Waals surface area (Å²) >= 11 is 0. The summed E-state index contributed by atoms with van der Waals surface area (Å²) in [4.78, 5) is 6.90. The third-order valence-corrected chi connectivity index (χ3v) is 4.72. The Morgan fingerprint density at radius 1 is 1.28 bits per heavy atom. The number of nitrogens with zero attached hydrogens (tertiary/aromatic N) is 4. The number of aromatic nitrogens is 3. The number of likely N-dealkylation sites (tertiary alicyclic amines) is 1. The molecule has 0 amide bonds. The Balaban J connectivity index is 1.43. The number of oxazole rings is 1. The Morgan fingerprint density at radius 3 is 2.92 bits per heavy atom. The van der Waals surface area contributed by atoms with Crippen molar-refractivity contribution in [3.8, 4) is 17.1 Å². The van der Waals surface area contributed by atoms with E-state index in [4.69, 9.17) is 9.15 Å². The SMILES string of the molecule is COc1ccc(-c2cnc(CN3CCCC3Cn3cccn3)o2)cc1. The summed E-state index contributed by atoms with van der Waals surface area (Å²) in [5.74, 6) is 2.39. The average Bonchev–Trinajstić information content (AvgIpc) is 3.39. The van der Waals surface area contributed by atoms with Crippen LogP contribution in [0.2, 0.25) is 0 Å². The van der Waals surface area contributed by atoms with Gasteiger partial charge in [0.25, 0.3) is 0 Å². The lowest BCUT2D eigenvalue weighted by molar-refractivity contribution is 0.200. The standard InChI is InChI=1S/C19H22N4O2/c1-24-17-7-5-15(6-8-17)18-12-20-19(25-18)14-22-10-2-4-16(22)13-23-11-3-9-21-23/h3,5-9,11-12,16H,2,4,10,13-14H2,1H3. The highest BCUT2D eigenvalue weighted by Gasteiger charge is 2.26. The first-order valence-electron chi connectivity index (χ1n) is 8.62. The van der Waals surface area contributed by atoms with Crippen LogP contribution in [-0.4, -0.2) is 39.4 Å². The van der Waals surface area contributed by atoms with Crippen LogP contribution in [0.3, 0.4) is 0 Å². The zero-order valence-corrected chi connectivity index (χ0v) is 14.3. The number of hydrogen-bond donors (Lipinski definition) is 0. The van der Waals surface area contributed by atoms with Crippen LogP contribution in [0.4, 0.5) is 0 Å². The Labute approximate surface area is 147 Å². The lowest BCUT2D eigenvalue weighted by Crippen LogP contribution is -2.32. The summed E-state index contributed by atoms with van der Waals surface area (Å²) in [7, 11) is 1.66. The first-order valence-corrected chi connectivity index (χ1v) is 8.62. The number of ether oxygens (including phenoxy) is 1. The number of rotatable bonds is 6. The minimum Gasteiger partial charge on any atom is -0.497 e. The van der Waals surface area contributed by atoms with Crippen molar-refractivity contribution in [1.29, 1.82) is 0 Å². The average molecular weight is 338 g/mol. The molecule has 1 aliphatic rings. The maximum Gasteiger partial charge on any atom is 0.209 e. The number of benzene rings is 1. The van der Waals surface area contributed by atoms with E-state index in [0.717, 1.165) is 42.6 Å². The van der Waals surface area contributed by atoms with Crippen molar-refractivity contribution in [1.82, 2.24) is 19.7 Å². The predicted molar refractivity (Wildman–Crippen MR) is 94.2 cm³/mol. The molecule has 130 valence electrons. The van der Waals surface area contributed by atoms with Gasteiger partial charge in [-0.1, -0.05) is 0 Å². The minimum atomic E-state index is 0.483. The molecule has 1 fully saturated rings. The van der Waals surface area contributed by atoms with Gasteiger partial charge in [0.2, 0.25) is 5.89 Å². The van der Waals surface area contributed by atoms with Crippen molar-refractivity contribution >= 4 is 0 Å². The van der Waals surface area contributed by atoms with E-state index in [2.05, 4.69) is 15.0 Å². The molecule has 6 heteroatoms. The zero-order chi connectivity index (χ0) is 17.1. The van der Waals surface area contributed by atoms with E-state index in [9.17, 15) is 0 Å². The molecule has 0 bridgehead atoms. The normalized spacial score (nSPS) is 17.9. The Hall–Kier alpha value is -2.60. The van der Waals surface area contributed by atoms with Crippen LogP contribution in [0.1, 0.15) is 18.7 Å². The smallest absolute Gasteiger partial charge is 0.209 e. The van der Waals surface area contributed by atoms with Crippen LogP contribution in [0.5, 0.6) is 5.75 Å². The topological polar surface area (TPSA) is 56.3 Å². The van der Waals surface area contributed by atoms with E-state index in [1.807, 2.05) is 47.4 Å². The predicted octanol–water partition coefficient (Wildman–Crippen LogP) is 3.21. The van der Waals surface area contributed by atoms with Crippen molar-refractivity contribution in [2.24, 2.45) is 0 Å². The van der Waals surface area contributed by atoms with E-state index in [-0.39, 0.29) is 0 Å². The molecule has 25 heavy (non-hydrogen) atoms. The Morgan fingerprint density at radius 2 is 2.16 bits per heavy atom. The molecule has 2 aromatic heterocycles.